The molecule has 1 N–H and O–H groups in total. The van der Waals surface area contributed by atoms with Crippen molar-refractivity contribution >= 4 is 27.0 Å². The molecule has 0 aliphatic carbocycles. The van der Waals surface area contributed by atoms with Gasteiger partial charge in [-0.3, -0.25) is 4.31 Å². The van der Waals surface area contributed by atoms with Crippen LogP contribution in [0.5, 0.6) is 0 Å². The first kappa shape index (κ1) is 16.9. The van der Waals surface area contributed by atoms with Crippen LogP contribution in [0.15, 0.2) is 46.0 Å². The summed E-state index contributed by atoms with van der Waals surface area (Å²) in [6.07, 6.45) is -3.82. The van der Waals surface area contributed by atoms with Gasteiger partial charge in [-0.15, -0.1) is 0 Å². The Morgan fingerprint density at radius 3 is 2.41 bits per heavy atom. The number of rotatable bonds is 6. The Morgan fingerprint density at radius 1 is 1.23 bits per heavy atom. The molecule has 1 aromatic heterocycles. The fourth-order valence-electron chi connectivity index (χ4n) is 1.96. The molecular formula is C14H15F2NO3S2. The topological polar surface area (TPSA) is 57.6 Å². The second kappa shape index (κ2) is 6.72. The summed E-state index contributed by atoms with van der Waals surface area (Å²) in [4.78, 5) is -0.419. The highest BCUT2D eigenvalue weighted by atomic mass is 32.2. The molecule has 0 aliphatic heterocycles. The van der Waals surface area contributed by atoms with Crippen molar-refractivity contribution in [3.63, 3.8) is 0 Å². The molecule has 0 fully saturated rings. The maximum atomic E-state index is 13.0. The highest BCUT2D eigenvalue weighted by Crippen LogP contribution is 2.33. The smallest absolute Gasteiger partial charge is 0.265 e. The second-order valence-corrected chi connectivity index (χ2v) is 7.29. The Labute approximate surface area is 131 Å². The molecule has 1 aromatic carbocycles. The monoisotopic (exact) mass is 347 g/mol. The molecule has 1 heterocycles. The fraction of sp³-hybridized carbons (Fsp3) is 0.286. The van der Waals surface area contributed by atoms with Crippen molar-refractivity contribution in [1.29, 1.82) is 0 Å². The number of halogens is 2. The normalized spacial score (nSPS) is 13.3. The minimum atomic E-state index is -4.18. The number of nitrogens with zero attached hydrogens (tertiary/aromatic N) is 1. The van der Waals surface area contributed by atoms with Crippen LogP contribution in [-0.2, 0) is 10.0 Å². The zero-order valence-corrected chi connectivity index (χ0v) is 13.3. The van der Waals surface area contributed by atoms with E-state index in [0.717, 1.165) is 21.0 Å². The van der Waals surface area contributed by atoms with Crippen molar-refractivity contribution in [2.24, 2.45) is 0 Å². The standard InChI is InChI=1S/C14H15F2NO3S2/c1-10(18)7-17(11-5-3-2-4-6-11)22(19,20)13-9-21-8-12(13)14(15)16/h2-6,8-10,14,18H,7H2,1H3. The van der Waals surface area contributed by atoms with Crippen LogP contribution in [0.2, 0.25) is 0 Å². The van der Waals surface area contributed by atoms with Crippen LogP contribution in [0.25, 0.3) is 0 Å². The molecule has 2 rings (SSSR count). The summed E-state index contributed by atoms with van der Waals surface area (Å²) in [6.45, 7) is 1.22. The molecule has 0 saturated carbocycles. The molecular weight excluding hydrogens is 332 g/mol. The van der Waals surface area contributed by atoms with Gasteiger partial charge in [0.15, 0.2) is 0 Å². The molecule has 22 heavy (non-hydrogen) atoms. The molecule has 2 aromatic rings. The molecule has 4 nitrogen and oxygen atoms in total. The third kappa shape index (κ3) is 3.45. The van der Waals surface area contributed by atoms with Crippen molar-refractivity contribution < 1.29 is 22.3 Å². The zero-order chi connectivity index (χ0) is 16.3. The maximum Gasteiger partial charge on any atom is 0.265 e. The van der Waals surface area contributed by atoms with Gasteiger partial charge in [0.1, 0.15) is 4.90 Å². The van der Waals surface area contributed by atoms with Crippen molar-refractivity contribution in [3.8, 4) is 0 Å². The average molecular weight is 347 g/mol. The third-order valence-corrected chi connectivity index (χ3v) is 5.69. The number of para-hydroxylation sites is 1. The molecule has 0 bridgehead atoms. The van der Waals surface area contributed by atoms with Crippen LogP contribution in [0, 0.1) is 0 Å². The van der Waals surface area contributed by atoms with E-state index in [4.69, 9.17) is 0 Å². The van der Waals surface area contributed by atoms with Crippen LogP contribution in [0.3, 0.4) is 0 Å². The minimum Gasteiger partial charge on any atom is -0.392 e. The van der Waals surface area contributed by atoms with Crippen LogP contribution in [0.4, 0.5) is 14.5 Å². The molecule has 8 heteroatoms. The van der Waals surface area contributed by atoms with Crippen LogP contribution in [0.1, 0.15) is 18.9 Å². The van der Waals surface area contributed by atoms with E-state index in [-0.39, 0.29) is 6.54 Å². The highest BCUT2D eigenvalue weighted by molar-refractivity contribution is 7.93. The predicted octanol–water partition coefficient (Wildman–Crippen LogP) is 3.26. The van der Waals surface area contributed by atoms with Crippen molar-refractivity contribution in [3.05, 3.63) is 46.7 Å². The molecule has 0 spiro atoms. The molecule has 0 amide bonds. The van der Waals surface area contributed by atoms with Crippen molar-refractivity contribution in [2.75, 3.05) is 10.8 Å². The molecule has 0 saturated heterocycles. The van der Waals surface area contributed by atoms with E-state index >= 15 is 0 Å². The predicted molar refractivity (Wildman–Crippen MR) is 81.9 cm³/mol. The van der Waals surface area contributed by atoms with E-state index in [1.807, 2.05) is 0 Å². The van der Waals surface area contributed by atoms with E-state index in [0.29, 0.717) is 5.69 Å². The number of aliphatic hydroxyl groups excluding tert-OH is 1. The number of alkyl halides is 2. The zero-order valence-electron chi connectivity index (χ0n) is 11.7. The number of thiophene rings is 1. The first-order valence-corrected chi connectivity index (χ1v) is 8.82. The lowest BCUT2D eigenvalue weighted by Gasteiger charge is -2.25. The van der Waals surface area contributed by atoms with Gasteiger partial charge >= 0.3 is 0 Å². The fourth-order valence-corrected chi connectivity index (χ4v) is 4.89. The van der Waals surface area contributed by atoms with Crippen LogP contribution >= 0.6 is 11.3 Å². The summed E-state index contributed by atoms with van der Waals surface area (Å²) in [6, 6.07) is 8.09. The number of hydrogen-bond acceptors (Lipinski definition) is 4. The number of aliphatic hydroxyl groups is 1. The number of hydrogen-bond donors (Lipinski definition) is 1. The van der Waals surface area contributed by atoms with Gasteiger partial charge in [0.25, 0.3) is 16.4 Å². The first-order chi connectivity index (χ1) is 10.3. The van der Waals surface area contributed by atoms with Crippen LogP contribution in [-0.4, -0.2) is 26.2 Å². The molecule has 1 atom stereocenters. The number of benzene rings is 1. The Bertz CT molecular complexity index is 715. The van der Waals surface area contributed by atoms with Crippen molar-refractivity contribution in [2.45, 2.75) is 24.3 Å². The van der Waals surface area contributed by atoms with Gasteiger partial charge in [-0.25, -0.2) is 17.2 Å². The summed E-state index contributed by atoms with van der Waals surface area (Å²) < 4.78 is 52.4. The summed E-state index contributed by atoms with van der Waals surface area (Å²) in [5, 5.41) is 11.9. The van der Waals surface area contributed by atoms with E-state index in [1.54, 1.807) is 30.3 Å². The molecule has 0 radical (unpaired) electrons. The quantitative estimate of drug-likeness (QED) is 0.873. The Kier molecular flexibility index (Phi) is 5.15. The number of anilines is 1. The Morgan fingerprint density at radius 2 is 1.86 bits per heavy atom. The highest BCUT2D eigenvalue weighted by Gasteiger charge is 2.31. The molecule has 0 aliphatic rings. The maximum absolute atomic E-state index is 13.0. The summed E-state index contributed by atoms with van der Waals surface area (Å²) in [5.74, 6) is 0. The van der Waals surface area contributed by atoms with Crippen molar-refractivity contribution in [1.82, 2.24) is 0 Å². The van der Waals surface area contributed by atoms with E-state index in [1.165, 1.54) is 12.3 Å². The molecule has 120 valence electrons. The van der Waals surface area contributed by atoms with E-state index in [9.17, 15) is 22.3 Å². The van der Waals surface area contributed by atoms with Gasteiger partial charge in [0.2, 0.25) is 0 Å². The van der Waals surface area contributed by atoms with Gasteiger partial charge in [-0.2, -0.15) is 11.3 Å². The third-order valence-electron chi connectivity index (χ3n) is 2.93. The van der Waals surface area contributed by atoms with Gasteiger partial charge in [0.05, 0.1) is 18.3 Å². The van der Waals surface area contributed by atoms with Crippen LogP contribution < -0.4 is 4.31 Å². The second-order valence-electron chi connectivity index (χ2n) is 4.71. The SMILES string of the molecule is CC(O)CN(c1ccccc1)S(=O)(=O)c1cscc1C(F)F. The summed E-state index contributed by atoms with van der Waals surface area (Å²) >= 11 is 0.905. The van der Waals surface area contributed by atoms with Gasteiger partial charge < -0.3 is 5.11 Å². The van der Waals surface area contributed by atoms with Gasteiger partial charge in [-0.1, -0.05) is 18.2 Å². The minimum absolute atomic E-state index is 0.217. The Hall–Kier alpha value is -1.51. The Balaban J connectivity index is 2.52. The van der Waals surface area contributed by atoms with E-state index in [2.05, 4.69) is 0 Å². The summed E-state index contributed by atoms with van der Waals surface area (Å²) in [7, 11) is -4.18. The molecule has 1 unspecified atom stereocenters. The van der Waals surface area contributed by atoms with E-state index < -0.39 is 33.0 Å². The first-order valence-electron chi connectivity index (χ1n) is 6.44. The van der Waals surface area contributed by atoms with Gasteiger partial charge in [0, 0.05) is 16.3 Å². The lowest BCUT2D eigenvalue weighted by molar-refractivity contribution is 0.148. The number of sulfonamides is 1. The average Bonchev–Trinajstić information content (AvgIpc) is 2.96. The largest absolute Gasteiger partial charge is 0.392 e. The lowest BCUT2D eigenvalue weighted by Crippen LogP contribution is -2.36. The van der Waals surface area contributed by atoms with Gasteiger partial charge in [-0.05, 0) is 19.1 Å². The lowest BCUT2D eigenvalue weighted by atomic mass is 10.3. The summed E-state index contributed by atoms with van der Waals surface area (Å²) in [5.41, 5.74) is -0.202.